The summed E-state index contributed by atoms with van der Waals surface area (Å²) < 4.78 is 0. The van der Waals surface area contributed by atoms with Crippen molar-refractivity contribution in [2.24, 2.45) is 9.98 Å². The van der Waals surface area contributed by atoms with Gasteiger partial charge in [-0.2, -0.15) is 9.98 Å². The minimum atomic E-state index is 0.296. The summed E-state index contributed by atoms with van der Waals surface area (Å²) >= 11 is 0. The van der Waals surface area contributed by atoms with E-state index in [1.807, 2.05) is 66.7 Å². The SMILES string of the molecule is O=C=Nc1cc2ccccc2c(-c2cccc3ccccc23)c1N=C=O. The van der Waals surface area contributed by atoms with Crippen LogP contribution in [0.5, 0.6) is 0 Å². The number of isocyanates is 2. The van der Waals surface area contributed by atoms with Crippen LogP contribution < -0.4 is 0 Å². The molecule has 0 heterocycles. The van der Waals surface area contributed by atoms with Gasteiger partial charge in [0.05, 0.1) is 0 Å². The molecule has 0 spiro atoms. The molecule has 0 fully saturated rings. The molecule has 0 aliphatic rings. The molecule has 0 aliphatic heterocycles. The lowest BCUT2D eigenvalue weighted by atomic mass is 9.92. The quantitative estimate of drug-likeness (QED) is 0.361. The maximum atomic E-state index is 11.1. The van der Waals surface area contributed by atoms with Crippen molar-refractivity contribution in [2.45, 2.75) is 0 Å². The highest BCUT2D eigenvalue weighted by atomic mass is 16.1. The summed E-state index contributed by atoms with van der Waals surface area (Å²) in [5.74, 6) is 0. The highest BCUT2D eigenvalue weighted by Gasteiger charge is 2.16. The monoisotopic (exact) mass is 336 g/mol. The number of carbonyl (C=O) groups excluding carboxylic acids is 2. The Morgan fingerprint density at radius 3 is 2.08 bits per heavy atom. The zero-order valence-corrected chi connectivity index (χ0v) is 13.6. The molecular weight excluding hydrogens is 324 g/mol. The summed E-state index contributed by atoms with van der Waals surface area (Å²) in [6.07, 6.45) is 3.14. The summed E-state index contributed by atoms with van der Waals surface area (Å²) in [7, 11) is 0. The molecule has 0 aliphatic carbocycles. The molecule has 0 saturated heterocycles. The Bertz CT molecular complexity index is 1240. The molecule has 4 rings (SSSR count). The average Bonchev–Trinajstić information content (AvgIpc) is 2.68. The molecule has 26 heavy (non-hydrogen) atoms. The molecule has 122 valence electrons. The number of hydrogen-bond acceptors (Lipinski definition) is 4. The van der Waals surface area contributed by atoms with Gasteiger partial charge >= 0.3 is 0 Å². The van der Waals surface area contributed by atoms with Crippen molar-refractivity contribution >= 4 is 45.1 Å². The van der Waals surface area contributed by atoms with Crippen LogP contribution in [0.3, 0.4) is 0 Å². The Morgan fingerprint density at radius 1 is 0.654 bits per heavy atom. The molecule has 4 aromatic rings. The second-order valence-corrected chi connectivity index (χ2v) is 5.77. The molecule has 4 aromatic carbocycles. The third-order valence-corrected chi connectivity index (χ3v) is 4.38. The van der Waals surface area contributed by atoms with Gasteiger partial charge in [-0.3, -0.25) is 0 Å². The van der Waals surface area contributed by atoms with Crippen molar-refractivity contribution in [2.75, 3.05) is 0 Å². The maximum absolute atomic E-state index is 11.1. The van der Waals surface area contributed by atoms with E-state index >= 15 is 0 Å². The van der Waals surface area contributed by atoms with E-state index in [2.05, 4.69) is 9.98 Å². The molecule has 0 amide bonds. The molecule has 0 unspecified atom stereocenters. The van der Waals surface area contributed by atoms with Crippen molar-refractivity contribution in [3.8, 4) is 11.1 Å². The Kier molecular flexibility index (Phi) is 3.97. The third-order valence-electron chi connectivity index (χ3n) is 4.38. The Labute approximate surface area is 149 Å². The smallest absolute Gasteiger partial charge is 0.211 e. The standard InChI is InChI=1S/C22H12N2O2/c25-13-23-20-12-16-7-2-4-10-18(16)21(22(20)24-14-26)19-11-5-8-15-6-1-3-9-17(15)19/h1-12H. The van der Waals surface area contributed by atoms with Gasteiger partial charge in [-0.1, -0.05) is 66.7 Å². The first-order valence-electron chi connectivity index (χ1n) is 8.03. The Morgan fingerprint density at radius 2 is 1.31 bits per heavy atom. The lowest BCUT2D eigenvalue weighted by Crippen LogP contribution is -1.86. The Balaban J connectivity index is 2.25. The summed E-state index contributed by atoms with van der Waals surface area (Å²) in [4.78, 5) is 29.6. The van der Waals surface area contributed by atoms with E-state index in [0.717, 1.165) is 32.7 Å². The number of benzene rings is 4. The summed E-state index contributed by atoms with van der Waals surface area (Å²) in [6, 6.07) is 23.4. The van der Waals surface area contributed by atoms with Gasteiger partial charge in [0.1, 0.15) is 11.4 Å². The topological polar surface area (TPSA) is 58.9 Å². The van der Waals surface area contributed by atoms with Gasteiger partial charge in [0.2, 0.25) is 12.2 Å². The molecule has 4 nitrogen and oxygen atoms in total. The van der Waals surface area contributed by atoms with Crippen LogP contribution >= 0.6 is 0 Å². The van der Waals surface area contributed by atoms with E-state index in [1.165, 1.54) is 0 Å². The lowest BCUT2D eigenvalue weighted by Gasteiger charge is -2.14. The van der Waals surface area contributed by atoms with Gasteiger partial charge in [-0.05, 0) is 33.2 Å². The minimum Gasteiger partial charge on any atom is -0.211 e. The van der Waals surface area contributed by atoms with Crippen LogP contribution in [0, 0.1) is 0 Å². The number of aliphatic imine (C=N–C) groups is 2. The molecule has 0 saturated carbocycles. The first-order valence-corrected chi connectivity index (χ1v) is 8.03. The zero-order valence-electron chi connectivity index (χ0n) is 13.6. The van der Waals surface area contributed by atoms with Gasteiger partial charge < -0.3 is 0 Å². The normalized spacial score (nSPS) is 10.3. The largest absolute Gasteiger partial charge is 0.240 e. The minimum absolute atomic E-state index is 0.296. The van der Waals surface area contributed by atoms with E-state index in [4.69, 9.17) is 0 Å². The number of fused-ring (bicyclic) bond motifs is 2. The highest BCUT2D eigenvalue weighted by molar-refractivity contribution is 6.12. The molecular formula is C22H12N2O2. The first-order chi connectivity index (χ1) is 12.8. The van der Waals surface area contributed by atoms with Gasteiger partial charge in [-0.15, -0.1) is 0 Å². The molecule has 0 bridgehead atoms. The van der Waals surface area contributed by atoms with E-state index in [9.17, 15) is 9.59 Å². The summed E-state index contributed by atoms with van der Waals surface area (Å²) in [6.45, 7) is 0. The van der Waals surface area contributed by atoms with Crippen LogP contribution in [-0.2, 0) is 9.59 Å². The van der Waals surface area contributed by atoms with Gasteiger partial charge in [0.15, 0.2) is 0 Å². The van der Waals surface area contributed by atoms with Crippen LogP contribution in [0.15, 0.2) is 82.8 Å². The van der Waals surface area contributed by atoms with Gasteiger partial charge in [0, 0.05) is 5.56 Å². The van der Waals surface area contributed by atoms with Crippen molar-refractivity contribution in [1.82, 2.24) is 0 Å². The fraction of sp³-hybridized carbons (Fsp3) is 0. The predicted octanol–water partition coefficient (Wildman–Crippen LogP) is 5.59. The Hall–Kier alpha value is -3.84. The van der Waals surface area contributed by atoms with Crippen LogP contribution in [-0.4, -0.2) is 12.2 Å². The van der Waals surface area contributed by atoms with Crippen molar-refractivity contribution in [1.29, 1.82) is 0 Å². The van der Waals surface area contributed by atoms with Crippen LogP contribution in [0.25, 0.3) is 32.7 Å². The summed E-state index contributed by atoms with van der Waals surface area (Å²) in [5.41, 5.74) is 2.27. The molecule has 0 N–H and O–H groups in total. The summed E-state index contributed by atoms with van der Waals surface area (Å²) in [5, 5.41) is 3.91. The second-order valence-electron chi connectivity index (χ2n) is 5.77. The number of nitrogens with zero attached hydrogens (tertiary/aromatic N) is 2. The predicted molar refractivity (Wildman–Crippen MR) is 102 cm³/mol. The third kappa shape index (κ3) is 2.52. The lowest BCUT2D eigenvalue weighted by molar-refractivity contribution is 0.564. The van der Waals surface area contributed by atoms with E-state index in [-0.39, 0.29) is 0 Å². The van der Waals surface area contributed by atoms with E-state index < -0.39 is 0 Å². The van der Waals surface area contributed by atoms with Crippen LogP contribution in [0.2, 0.25) is 0 Å². The van der Waals surface area contributed by atoms with E-state index in [1.54, 1.807) is 18.2 Å². The molecule has 0 radical (unpaired) electrons. The highest BCUT2D eigenvalue weighted by Crippen LogP contribution is 2.45. The number of hydrogen-bond donors (Lipinski definition) is 0. The molecule has 4 heteroatoms. The molecule has 0 atom stereocenters. The number of rotatable bonds is 3. The fourth-order valence-electron chi connectivity index (χ4n) is 3.33. The second kappa shape index (κ2) is 6.58. The van der Waals surface area contributed by atoms with Crippen molar-refractivity contribution in [3.05, 3.63) is 72.8 Å². The van der Waals surface area contributed by atoms with Gasteiger partial charge in [0.25, 0.3) is 0 Å². The van der Waals surface area contributed by atoms with Crippen LogP contribution in [0.4, 0.5) is 11.4 Å². The maximum Gasteiger partial charge on any atom is 0.240 e. The van der Waals surface area contributed by atoms with Crippen LogP contribution in [0.1, 0.15) is 0 Å². The average molecular weight is 336 g/mol. The van der Waals surface area contributed by atoms with Crippen molar-refractivity contribution in [3.63, 3.8) is 0 Å². The van der Waals surface area contributed by atoms with Crippen molar-refractivity contribution < 1.29 is 9.59 Å². The molecule has 0 aromatic heterocycles. The van der Waals surface area contributed by atoms with E-state index in [0.29, 0.717) is 11.4 Å². The first kappa shape index (κ1) is 15.7. The zero-order chi connectivity index (χ0) is 17.9. The van der Waals surface area contributed by atoms with Gasteiger partial charge in [-0.25, -0.2) is 9.59 Å². The fourth-order valence-corrected chi connectivity index (χ4v) is 3.33.